The highest BCUT2D eigenvalue weighted by Gasteiger charge is 2.60. The molecule has 4 heteroatoms. The zero-order chi connectivity index (χ0) is 14.5. The first kappa shape index (κ1) is 15.1. The fourth-order valence-corrected chi connectivity index (χ4v) is 9.97. The van der Waals surface area contributed by atoms with Crippen LogP contribution in [0.4, 0.5) is 0 Å². The summed E-state index contributed by atoms with van der Waals surface area (Å²) in [5, 5.41) is 10.6. The second kappa shape index (κ2) is 4.60. The maximum atomic E-state index is 10.3. The molecule has 0 bridgehead atoms. The smallest absolute Gasteiger partial charge is 0.204 e. The van der Waals surface area contributed by atoms with Crippen molar-refractivity contribution in [1.29, 1.82) is 0 Å². The van der Waals surface area contributed by atoms with Gasteiger partial charge in [-0.25, -0.2) is 0 Å². The van der Waals surface area contributed by atoms with E-state index in [2.05, 4.69) is 41.5 Å². The summed E-state index contributed by atoms with van der Waals surface area (Å²) in [7, 11) is -2.01. The topological polar surface area (TPSA) is 38.7 Å². The minimum Gasteiger partial charge on any atom is -0.496 e. The van der Waals surface area contributed by atoms with E-state index < -0.39 is 8.32 Å². The van der Waals surface area contributed by atoms with Gasteiger partial charge in [0.25, 0.3) is 0 Å². The Labute approximate surface area is 118 Å². The quantitative estimate of drug-likeness (QED) is 0.692. The van der Waals surface area contributed by atoms with Crippen molar-refractivity contribution in [2.45, 2.75) is 69.9 Å². The molecule has 0 spiro atoms. The predicted octanol–water partition coefficient (Wildman–Crippen LogP) is 3.45. The van der Waals surface area contributed by atoms with Crippen molar-refractivity contribution >= 4 is 8.32 Å². The van der Waals surface area contributed by atoms with Crippen LogP contribution in [-0.2, 0) is 9.16 Å². The summed E-state index contributed by atoms with van der Waals surface area (Å²) in [6.45, 7) is 14.3. The van der Waals surface area contributed by atoms with Crippen LogP contribution in [0.1, 0.15) is 41.5 Å². The monoisotopic (exact) mass is 284 g/mol. The molecule has 1 N–H and O–H groups in total. The van der Waals surface area contributed by atoms with Crippen LogP contribution in [0.5, 0.6) is 0 Å². The third kappa shape index (κ3) is 2.39. The van der Waals surface area contributed by atoms with E-state index in [4.69, 9.17) is 9.16 Å². The molecule has 2 heterocycles. The molecule has 2 aliphatic rings. The molecule has 3 nitrogen and oxygen atoms in total. The Balaban J connectivity index is 2.36. The van der Waals surface area contributed by atoms with E-state index in [1.807, 2.05) is 0 Å². The number of hydrogen-bond acceptors (Lipinski definition) is 3. The molecule has 0 aromatic rings. The minimum absolute atomic E-state index is 0.0188. The number of hydrogen-bond donors (Lipinski definition) is 1. The predicted molar refractivity (Wildman–Crippen MR) is 79.5 cm³/mol. The molecule has 3 atom stereocenters. The third-order valence-electron chi connectivity index (χ3n) is 4.89. The number of aliphatic hydroxyl groups excluding tert-OH is 1. The molecular weight excluding hydrogens is 256 g/mol. The van der Waals surface area contributed by atoms with Crippen molar-refractivity contribution in [2.24, 2.45) is 5.92 Å². The Morgan fingerprint density at radius 2 is 1.68 bits per heavy atom. The molecule has 1 saturated heterocycles. The molecule has 110 valence electrons. The number of rotatable bonds is 0. The number of ether oxygens (including phenoxy) is 1. The molecule has 0 unspecified atom stereocenters. The van der Waals surface area contributed by atoms with E-state index in [-0.39, 0.29) is 28.2 Å². The molecule has 19 heavy (non-hydrogen) atoms. The maximum Gasteiger partial charge on any atom is 0.204 e. The summed E-state index contributed by atoms with van der Waals surface area (Å²) in [5.74, 6) is 0.184. The Bertz CT molecular complexity index is 351. The lowest BCUT2D eigenvalue weighted by Gasteiger charge is -2.56. The van der Waals surface area contributed by atoms with Gasteiger partial charge in [-0.3, -0.25) is 0 Å². The summed E-state index contributed by atoms with van der Waals surface area (Å²) >= 11 is 0. The second-order valence-electron chi connectivity index (χ2n) is 8.00. The van der Waals surface area contributed by atoms with Gasteiger partial charge in [0.05, 0.1) is 19.0 Å². The largest absolute Gasteiger partial charge is 0.496 e. The Morgan fingerprint density at radius 3 is 2.21 bits per heavy atom. The molecule has 0 aromatic carbocycles. The van der Waals surface area contributed by atoms with Gasteiger partial charge in [0, 0.05) is 5.92 Å². The van der Waals surface area contributed by atoms with Crippen LogP contribution in [0.15, 0.2) is 12.3 Å². The highest BCUT2D eigenvalue weighted by atomic mass is 28.4. The lowest BCUT2D eigenvalue weighted by molar-refractivity contribution is -0.0373. The second-order valence-corrected chi connectivity index (χ2v) is 13.4. The van der Waals surface area contributed by atoms with Gasteiger partial charge in [-0.05, 0) is 22.2 Å². The van der Waals surface area contributed by atoms with Crippen LogP contribution < -0.4 is 0 Å². The van der Waals surface area contributed by atoms with Gasteiger partial charge >= 0.3 is 0 Å². The first-order chi connectivity index (χ1) is 8.58. The van der Waals surface area contributed by atoms with E-state index in [9.17, 15) is 5.11 Å². The maximum absolute atomic E-state index is 10.3. The third-order valence-corrected chi connectivity index (χ3v) is 11.4. The normalized spacial score (nSPS) is 34.6. The van der Waals surface area contributed by atoms with Gasteiger partial charge < -0.3 is 14.3 Å². The molecule has 2 aliphatic heterocycles. The van der Waals surface area contributed by atoms with Gasteiger partial charge in [-0.1, -0.05) is 41.5 Å². The lowest BCUT2D eigenvalue weighted by atomic mass is 9.96. The van der Waals surface area contributed by atoms with Crippen LogP contribution in [0.25, 0.3) is 0 Å². The molecule has 2 rings (SSSR count). The summed E-state index contributed by atoms with van der Waals surface area (Å²) in [6, 6.07) is 0.968. The van der Waals surface area contributed by atoms with Gasteiger partial charge in [0.1, 0.15) is 6.10 Å². The van der Waals surface area contributed by atoms with Crippen molar-refractivity contribution in [3.8, 4) is 0 Å². The van der Waals surface area contributed by atoms with Gasteiger partial charge in [0.2, 0.25) is 8.32 Å². The number of fused-ring (bicyclic) bond motifs is 1. The van der Waals surface area contributed by atoms with E-state index in [1.54, 1.807) is 12.3 Å². The van der Waals surface area contributed by atoms with Gasteiger partial charge in [-0.15, -0.1) is 0 Å². The van der Waals surface area contributed by atoms with E-state index in [1.165, 1.54) is 0 Å². The van der Waals surface area contributed by atoms with Crippen LogP contribution in [0, 0.1) is 5.92 Å². The fraction of sp³-hybridized carbons (Fsp3) is 0.867. The summed E-state index contributed by atoms with van der Waals surface area (Å²) in [6.07, 6.45) is 3.03. The zero-order valence-corrected chi connectivity index (χ0v) is 14.1. The van der Waals surface area contributed by atoms with Crippen molar-refractivity contribution < 1.29 is 14.3 Å². The van der Waals surface area contributed by atoms with E-state index >= 15 is 0 Å². The summed E-state index contributed by atoms with van der Waals surface area (Å²) < 4.78 is 12.1. The average molecular weight is 284 g/mol. The Hall–Kier alpha value is -0.323. The van der Waals surface area contributed by atoms with Crippen molar-refractivity contribution in [1.82, 2.24) is 0 Å². The van der Waals surface area contributed by atoms with E-state index in [0.29, 0.717) is 6.61 Å². The fourth-order valence-electron chi connectivity index (χ4n) is 3.89. The first-order valence-electron chi connectivity index (χ1n) is 7.23. The van der Waals surface area contributed by atoms with Crippen molar-refractivity contribution in [3.63, 3.8) is 0 Å². The lowest BCUT2D eigenvalue weighted by Crippen LogP contribution is -2.62. The number of aliphatic hydroxyl groups is 1. The van der Waals surface area contributed by atoms with Crippen LogP contribution in [0.3, 0.4) is 0 Å². The van der Waals surface area contributed by atoms with Crippen molar-refractivity contribution in [3.05, 3.63) is 12.3 Å². The van der Waals surface area contributed by atoms with Crippen molar-refractivity contribution in [2.75, 3.05) is 6.61 Å². The zero-order valence-electron chi connectivity index (χ0n) is 13.1. The van der Waals surface area contributed by atoms with Gasteiger partial charge in [-0.2, -0.15) is 0 Å². The highest BCUT2D eigenvalue weighted by molar-refractivity contribution is 6.79. The molecular formula is C15H28O3Si. The SMILES string of the molecule is CC(C)(C)[Si]1(C(C)(C)C)C[C@@H]2[C@H](O)C=CO[C@@H]2CO1. The summed E-state index contributed by atoms with van der Waals surface area (Å²) in [5.41, 5.74) is 0. The van der Waals surface area contributed by atoms with Crippen LogP contribution in [-0.4, -0.2) is 32.2 Å². The molecule has 0 aromatic heterocycles. The summed E-state index contributed by atoms with van der Waals surface area (Å²) in [4.78, 5) is 0. The van der Waals surface area contributed by atoms with Crippen LogP contribution in [0.2, 0.25) is 16.1 Å². The Kier molecular flexibility index (Phi) is 3.65. The Morgan fingerprint density at radius 1 is 1.11 bits per heavy atom. The highest BCUT2D eigenvalue weighted by Crippen LogP contribution is 2.57. The minimum atomic E-state index is -2.01. The molecule has 0 saturated carbocycles. The molecule has 1 fully saturated rings. The average Bonchev–Trinajstić information content (AvgIpc) is 2.26. The standard InChI is InChI=1S/C15H28O3Si/c1-14(2,3)19(15(4,5)6)10-11-12(16)7-8-17-13(11)9-18-19/h7-8,11-13,16H,9-10H2,1-6H3/t11-,12-,13-/m1/s1. The molecule has 0 aliphatic carbocycles. The van der Waals surface area contributed by atoms with Crippen LogP contribution >= 0.6 is 0 Å². The molecule has 0 amide bonds. The molecule has 0 radical (unpaired) electrons. The van der Waals surface area contributed by atoms with E-state index in [0.717, 1.165) is 6.04 Å². The first-order valence-corrected chi connectivity index (χ1v) is 9.34. The van der Waals surface area contributed by atoms with Gasteiger partial charge in [0.15, 0.2) is 0 Å².